The van der Waals surface area contributed by atoms with Gasteiger partial charge in [-0.3, -0.25) is 0 Å². The van der Waals surface area contributed by atoms with E-state index >= 15 is 0 Å². The fourth-order valence-electron chi connectivity index (χ4n) is 3.76. The van der Waals surface area contributed by atoms with E-state index in [0.29, 0.717) is 0 Å². The zero-order chi connectivity index (χ0) is 33.7. The molecule has 0 amide bonds. The zero-order valence-corrected chi connectivity index (χ0v) is 31.4. The van der Waals surface area contributed by atoms with Crippen molar-refractivity contribution in [2.75, 3.05) is 0 Å². The Balaban J connectivity index is 0.000000847. The minimum atomic E-state index is -4.92. The molecule has 0 heterocycles. The van der Waals surface area contributed by atoms with E-state index in [0.717, 1.165) is 24.3 Å². The Morgan fingerprint density at radius 1 is 0.543 bits per heavy atom. The van der Waals surface area contributed by atoms with Gasteiger partial charge < -0.3 is 34.3 Å². The van der Waals surface area contributed by atoms with Crippen LogP contribution in [0.3, 0.4) is 0 Å². The van der Waals surface area contributed by atoms with Crippen molar-refractivity contribution in [1.29, 1.82) is 0 Å². The number of phenolic OH excluding ortho intramolecular Hbond substituents is 4. The van der Waals surface area contributed by atoms with Gasteiger partial charge in [-0.05, 0) is 83.9 Å². The number of sulfone groups is 1. The number of carbonyl (C=O) groups is 1. The molecule has 4 aromatic carbocycles. The van der Waals surface area contributed by atoms with Gasteiger partial charge in [-0.15, -0.1) is 0 Å². The van der Waals surface area contributed by atoms with Gasteiger partial charge in [0, 0.05) is 5.41 Å². The van der Waals surface area contributed by atoms with Crippen molar-refractivity contribution >= 4 is 36.9 Å². The number of rotatable bonds is 6. The topological polar surface area (TPSA) is 247 Å². The molecule has 0 unspecified atom stereocenters. The first-order valence-electron chi connectivity index (χ1n) is 12.0. The molecule has 0 saturated carbocycles. The third-order valence-corrected chi connectivity index (χ3v) is 9.71. The van der Waals surface area contributed by atoms with Crippen molar-refractivity contribution in [3.05, 3.63) is 96.1 Å². The Hall–Kier alpha value is -2.48. The molecular weight excluding hydrogens is 686 g/mol. The summed E-state index contributed by atoms with van der Waals surface area (Å²) in [6.45, 7) is 5.18. The Labute approximate surface area is 310 Å². The van der Waals surface area contributed by atoms with Crippen LogP contribution in [-0.2, 0) is 40.3 Å². The van der Waals surface area contributed by atoms with E-state index in [-0.39, 0.29) is 91.5 Å². The van der Waals surface area contributed by atoms with E-state index in [1.807, 2.05) is 6.79 Å². The average Bonchev–Trinajstić information content (AvgIpc) is 2.94. The van der Waals surface area contributed by atoms with Gasteiger partial charge in [0.1, 0.15) is 50.0 Å². The van der Waals surface area contributed by atoms with Crippen LogP contribution in [0.1, 0.15) is 25.0 Å². The molecule has 0 atom stereocenters. The molecule has 0 fully saturated rings. The van der Waals surface area contributed by atoms with Crippen LogP contribution < -0.4 is 59.1 Å². The predicted molar refractivity (Wildman–Crippen MR) is 153 cm³/mol. The molecule has 0 bridgehead atoms. The molecule has 236 valence electrons. The van der Waals surface area contributed by atoms with Crippen LogP contribution in [0.2, 0.25) is 0 Å². The van der Waals surface area contributed by atoms with Crippen LogP contribution in [0.5, 0.6) is 23.0 Å². The number of carbonyl (C=O) groups excluding carboxylic acids is 1. The maximum Gasteiger partial charge on any atom is 1.00 e. The molecule has 0 aromatic heterocycles. The second-order valence-electron chi connectivity index (χ2n) is 9.39. The van der Waals surface area contributed by atoms with E-state index in [4.69, 9.17) is 15.0 Å². The summed E-state index contributed by atoms with van der Waals surface area (Å²) in [4.78, 5) is 6.57. The molecule has 46 heavy (non-hydrogen) atoms. The van der Waals surface area contributed by atoms with Gasteiger partial charge in [0.15, 0.2) is 0 Å². The van der Waals surface area contributed by atoms with Gasteiger partial charge in [-0.1, -0.05) is 26.0 Å². The van der Waals surface area contributed by atoms with Crippen molar-refractivity contribution in [2.45, 2.75) is 38.8 Å². The van der Waals surface area contributed by atoms with E-state index < -0.39 is 56.8 Å². The molecule has 4 aromatic rings. The fraction of sp³-hybridized carbons (Fsp3) is 0.107. The van der Waals surface area contributed by atoms with Crippen molar-refractivity contribution < 1.29 is 119 Å². The number of hydrogen-bond donors (Lipinski definition) is 4. The molecule has 4 N–H and O–H groups in total. The maximum absolute atomic E-state index is 12.1. The number of aromatic hydroxyl groups is 4. The first-order chi connectivity index (χ1) is 20.2. The Kier molecular flexibility index (Phi) is 16.2. The van der Waals surface area contributed by atoms with Gasteiger partial charge in [-0.25, -0.2) is 25.3 Å². The predicted octanol–water partition coefficient (Wildman–Crippen LogP) is -3.01. The third-order valence-electron chi connectivity index (χ3n) is 6.20. The first-order valence-corrected chi connectivity index (χ1v) is 16.3. The minimum Gasteiger partial charge on any atom is -0.744 e. The Morgan fingerprint density at radius 3 is 1.09 bits per heavy atom. The summed E-state index contributed by atoms with van der Waals surface area (Å²) < 4.78 is 91.6. The molecule has 0 spiro atoms. The monoisotopic (exact) mass is 712 g/mol. The van der Waals surface area contributed by atoms with Gasteiger partial charge in [0.2, 0.25) is 9.84 Å². The molecule has 0 aliphatic rings. The summed E-state index contributed by atoms with van der Waals surface area (Å²) in [6, 6.07) is 17.3. The Bertz CT molecular complexity index is 1830. The van der Waals surface area contributed by atoms with Crippen molar-refractivity contribution in [3.63, 3.8) is 0 Å². The number of benzene rings is 4. The molecule has 0 radical (unpaired) electrons. The maximum atomic E-state index is 12.1. The quantitative estimate of drug-likeness (QED) is 0.115. The van der Waals surface area contributed by atoms with E-state index in [1.165, 1.54) is 60.7 Å². The molecule has 18 heteroatoms. The second kappa shape index (κ2) is 17.1. The number of phenols is 4. The van der Waals surface area contributed by atoms with E-state index in [9.17, 15) is 44.6 Å². The smallest absolute Gasteiger partial charge is 0.744 e. The summed E-state index contributed by atoms with van der Waals surface area (Å²) in [5, 5.41) is 37.3. The summed E-state index contributed by atoms with van der Waals surface area (Å²) in [6.07, 6.45) is 0. The SMILES string of the molecule is C=O.CC(C)(c1ccc(O)c(S(=O)(=O)[O-])c1)c1ccc(O)c(S(=O)(=O)[O-])c1.O=S(=O)(c1ccc(O)cc1)c1ccc(O)cc1.[Na+].[Na+]. The molecule has 0 saturated heterocycles. The van der Waals surface area contributed by atoms with Gasteiger partial charge in [0.05, 0.1) is 19.6 Å². The summed E-state index contributed by atoms with van der Waals surface area (Å²) >= 11 is 0. The van der Waals surface area contributed by atoms with Crippen molar-refractivity contribution in [3.8, 4) is 23.0 Å². The second-order valence-corrected chi connectivity index (χ2v) is 14.0. The Morgan fingerprint density at radius 2 is 0.826 bits per heavy atom. The van der Waals surface area contributed by atoms with Crippen molar-refractivity contribution in [2.24, 2.45) is 0 Å². The van der Waals surface area contributed by atoms with Crippen LogP contribution in [-0.4, -0.2) is 61.6 Å². The van der Waals surface area contributed by atoms with Crippen LogP contribution in [0.4, 0.5) is 0 Å². The molecule has 0 aliphatic heterocycles. The van der Waals surface area contributed by atoms with E-state index in [2.05, 4.69) is 0 Å². The van der Waals surface area contributed by atoms with Gasteiger partial charge in [0.25, 0.3) is 0 Å². The third kappa shape index (κ3) is 10.8. The number of hydrogen-bond acceptors (Lipinski definition) is 13. The van der Waals surface area contributed by atoms with Crippen molar-refractivity contribution in [1.82, 2.24) is 0 Å². The molecule has 0 aliphatic carbocycles. The van der Waals surface area contributed by atoms with Gasteiger partial charge >= 0.3 is 59.1 Å². The van der Waals surface area contributed by atoms with Gasteiger partial charge in [-0.2, -0.15) is 0 Å². The summed E-state index contributed by atoms with van der Waals surface area (Å²) in [5.74, 6) is -1.39. The summed E-state index contributed by atoms with van der Waals surface area (Å²) in [7, 11) is -13.4. The molecule has 13 nitrogen and oxygen atoms in total. The molecular formula is C28H26Na2O13S3. The van der Waals surface area contributed by atoms with E-state index in [1.54, 1.807) is 13.8 Å². The van der Waals surface area contributed by atoms with Crippen LogP contribution in [0.15, 0.2) is 105 Å². The van der Waals surface area contributed by atoms with Crippen LogP contribution in [0, 0.1) is 0 Å². The fourth-order valence-corrected chi connectivity index (χ4v) is 6.21. The molecule has 4 rings (SSSR count). The minimum absolute atomic E-state index is 0. The summed E-state index contributed by atoms with van der Waals surface area (Å²) in [5.41, 5.74) is -0.486. The van der Waals surface area contributed by atoms with Crippen LogP contribution >= 0.6 is 0 Å². The first kappa shape index (κ1) is 43.5. The zero-order valence-electron chi connectivity index (χ0n) is 25.0. The largest absolute Gasteiger partial charge is 1.00 e. The normalized spacial score (nSPS) is 11.3. The average molecular weight is 713 g/mol. The standard InChI is InChI=1S/C15H16O8S2.C12H10O4S.CH2O.2Na/c1-15(2,9-3-5-11(16)13(7-9)24(18,19)20)10-4-6-12(17)14(8-10)25(21,22)23;13-9-1-5-11(6-2-9)17(15,16)12-7-3-10(14)4-8-12;1-2;;/h3-8,16-17H,1-2H3,(H,18,19,20)(H,21,22,23);1-8,13-14H;1H2;;/q;;;2*+1/p-2. The van der Waals surface area contributed by atoms with Crippen LogP contribution in [0.25, 0.3) is 0 Å².